The normalized spacial score (nSPS) is 33.6. The van der Waals surface area contributed by atoms with Gasteiger partial charge in [0.15, 0.2) is 0 Å². The maximum Gasteiger partial charge on any atom is 0.247 e. The highest BCUT2D eigenvalue weighted by atomic mass is 16.5. The van der Waals surface area contributed by atoms with Crippen LogP contribution in [0.25, 0.3) is 0 Å². The fourth-order valence-corrected chi connectivity index (χ4v) is 3.16. The average molecular weight is 279 g/mol. The van der Waals surface area contributed by atoms with E-state index in [0.29, 0.717) is 11.7 Å². The molecule has 2 aliphatic heterocycles. The zero-order valence-electron chi connectivity index (χ0n) is 11.6. The SMILES string of the molecule is CC1=C(CC(N)=O)C(=O)NC2CCNC(OC3CC3)C12. The summed E-state index contributed by atoms with van der Waals surface area (Å²) in [5, 5.41) is 6.39. The van der Waals surface area contributed by atoms with E-state index in [1.54, 1.807) is 0 Å². The van der Waals surface area contributed by atoms with Crippen LogP contribution in [0.3, 0.4) is 0 Å². The van der Waals surface area contributed by atoms with Gasteiger partial charge in [0.25, 0.3) is 0 Å². The number of carbonyl (C=O) groups is 2. The number of amides is 2. The Morgan fingerprint density at radius 3 is 2.80 bits per heavy atom. The van der Waals surface area contributed by atoms with Crippen molar-refractivity contribution < 1.29 is 14.3 Å². The van der Waals surface area contributed by atoms with E-state index in [4.69, 9.17) is 10.5 Å². The fraction of sp³-hybridized carbons (Fsp3) is 0.714. The Morgan fingerprint density at radius 2 is 2.15 bits per heavy atom. The molecule has 1 saturated heterocycles. The molecule has 1 saturated carbocycles. The first-order valence-corrected chi connectivity index (χ1v) is 7.24. The van der Waals surface area contributed by atoms with Crippen LogP contribution >= 0.6 is 0 Å². The summed E-state index contributed by atoms with van der Waals surface area (Å²) in [4.78, 5) is 23.2. The van der Waals surface area contributed by atoms with E-state index in [-0.39, 0.29) is 30.5 Å². The van der Waals surface area contributed by atoms with Gasteiger partial charge in [-0.3, -0.25) is 14.9 Å². The van der Waals surface area contributed by atoms with Gasteiger partial charge in [0.2, 0.25) is 11.8 Å². The number of fused-ring (bicyclic) bond motifs is 1. The lowest BCUT2D eigenvalue weighted by Crippen LogP contribution is -2.59. The smallest absolute Gasteiger partial charge is 0.247 e. The molecular formula is C14H21N3O3. The third kappa shape index (κ3) is 2.58. The second kappa shape index (κ2) is 5.18. The molecule has 3 rings (SSSR count). The lowest BCUT2D eigenvalue weighted by Gasteiger charge is -2.43. The minimum absolute atomic E-state index is 0.00294. The number of nitrogens with two attached hydrogens (primary N) is 1. The van der Waals surface area contributed by atoms with E-state index in [1.165, 1.54) is 0 Å². The highest BCUT2D eigenvalue weighted by Gasteiger charge is 2.43. The van der Waals surface area contributed by atoms with Crippen molar-refractivity contribution in [1.29, 1.82) is 0 Å². The summed E-state index contributed by atoms with van der Waals surface area (Å²) < 4.78 is 6.02. The minimum Gasteiger partial charge on any atom is -0.369 e. The van der Waals surface area contributed by atoms with Crippen LogP contribution < -0.4 is 16.4 Å². The van der Waals surface area contributed by atoms with Crippen molar-refractivity contribution in [2.75, 3.05) is 6.54 Å². The van der Waals surface area contributed by atoms with Gasteiger partial charge in [-0.05, 0) is 32.7 Å². The van der Waals surface area contributed by atoms with Crippen LogP contribution in [-0.4, -0.2) is 36.7 Å². The van der Waals surface area contributed by atoms with Gasteiger partial charge in [-0.1, -0.05) is 5.57 Å². The molecule has 0 radical (unpaired) electrons. The van der Waals surface area contributed by atoms with Crippen LogP contribution in [0.2, 0.25) is 0 Å². The van der Waals surface area contributed by atoms with Crippen molar-refractivity contribution in [3.8, 4) is 0 Å². The molecule has 110 valence electrons. The number of carbonyl (C=O) groups excluding carboxylic acids is 2. The number of rotatable bonds is 4. The van der Waals surface area contributed by atoms with E-state index in [2.05, 4.69) is 10.6 Å². The number of hydrogen-bond donors (Lipinski definition) is 3. The van der Waals surface area contributed by atoms with Crippen molar-refractivity contribution in [1.82, 2.24) is 10.6 Å². The summed E-state index contributed by atoms with van der Waals surface area (Å²) in [7, 11) is 0. The van der Waals surface area contributed by atoms with Crippen molar-refractivity contribution in [2.24, 2.45) is 11.7 Å². The van der Waals surface area contributed by atoms with Gasteiger partial charge in [-0.25, -0.2) is 0 Å². The Morgan fingerprint density at radius 1 is 1.40 bits per heavy atom. The largest absolute Gasteiger partial charge is 0.369 e. The van der Waals surface area contributed by atoms with Gasteiger partial charge in [0, 0.05) is 17.5 Å². The Bertz CT molecular complexity index is 470. The standard InChI is InChI=1S/C14H21N3O3/c1-7-9(6-11(15)18)13(19)17-10-4-5-16-14(12(7)10)20-8-2-3-8/h8,10,12,14,16H,2-6H2,1H3,(H2,15,18)(H,17,19). The highest BCUT2D eigenvalue weighted by Crippen LogP contribution is 2.35. The topological polar surface area (TPSA) is 93.5 Å². The third-order valence-corrected chi connectivity index (χ3v) is 4.34. The summed E-state index contributed by atoms with van der Waals surface area (Å²) in [5.74, 6) is -0.539. The van der Waals surface area contributed by atoms with E-state index in [1.807, 2.05) is 6.92 Å². The van der Waals surface area contributed by atoms with Crippen molar-refractivity contribution >= 4 is 11.8 Å². The van der Waals surface area contributed by atoms with E-state index in [9.17, 15) is 9.59 Å². The van der Waals surface area contributed by atoms with Crippen molar-refractivity contribution in [3.05, 3.63) is 11.1 Å². The third-order valence-electron chi connectivity index (χ3n) is 4.34. The molecule has 3 aliphatic rings. The summed E-state index contributed by atoms with van der Waals surface area (Å²) in [6.07, 6.45) is 3.36. The summed E-state index contributed by atoms with van der Waals surface area (Å²) in [6.45, 7) is 2.75. The molecule has 2 amide bonds. The van der Waals surface area contributed by atoms with Crippen molar-refractivity contribution in [2.45, 2.75) is 51.0 Å². The van der Waals surface area contributed by atoms with Crippen molar-refractivity contribution in [3.63, 3.8) is 0 Å². The molecule has 2 heterocycles. The molecule has 0 aromatic rings. The van der Waals surface area contributed by atoms with Crippen LogP contribution in [0.1, 0.15) is 32.6 Å². The summed E-state index contributed by atoms with van der Waals surface area (Å²) in [6, 6.07) is 0.0872. The van der Waals surface area contributed by atoms with Crippen LogP contribution in [-0.2, 0) is 14.3 Å². The molecule has 0 aromatic heterocycles. The molecule has 0 aromatic carbocycles. The Labute approximate surface area is 118 Å². The minimum atomic E-state index is -0.476. The fourth-order valence-electron chi connectivity index (χ4n) is 3.16. The van der Waals surface area contributed by atoms with Gasteiger partial charge in [0.05, 0.1) is 12.5 Å². The lowest BCUT2D eigenvalue weighted by atomic mass is 9.79. The average Bonchev–Trinajstić information content (AvgIpc) is 3.18. The van der Waals surface area contributed by atoms with E-state index in [0.717, 1.165) is 31.4 Å². The van der Waals surface area contributed by atoms with Crippen LogP contribution in [0.15, 0.2) is 11.1 Å². The predicted octanol–water partition coefficient (Wildman–Crippen LogP) is -0.209. The van der Waals surface area contributed by atoms with Gasteiger partial charge >= 0.3 is 0 Å². The van der Waals surface area contributed by atoms with Crippen LogP contribution in [0.4, 0.5) is 0 Å². The highest BCUT2D eigenvalue weighted by molar-refractivity contribution is 6.00. The molecule has 6 heteroatoms. The lowest BCUT2D eigenvalue weighted by molar-refractivity contribution is -0.124. The Balaban J connectivity index is 1.86. The molecule has 20 heavy (non-hydrogen) atoms. The molecule has 0 spiro atoms. The van der Waals surface area contributed by atoms with Gasteiger partial charge < -0.3 is 15.8 Å². The second-order valence-electron chi connectivity index (χ2n) is 5.91. The molecule has 3 unspecified atom stereocenters. The first-order chi connectivity index (χ1) is 9.56. The number of ether oxygens (including phenoxy) is 1. The van der Waals surface area contributed by atoms with Gasteiger partial charge in [0.1, 0.15) is 6.23 Å². The number of hydrogen-bond acceptors (Lipinski definition) is 4. The zero-order valence-corrected chi connectivity index (χ0v) is 11.6. The first-order valence-electron chi connectivity index (χ1n) is 7.24. The zero-order chi connectivity index (χ0) is 14.3. The maximum absolute atomic E-state index is 12.1. The number of primary amides is 1. The predicted molar refractivity (Wildman–Crippen MR) is 72.4 cm³/mol. The summed E-state index contributed by atoms with van der Waals surface area (Å²) >= 11 is 0. The molecule has 1 aliphatic carbocycles. The van der Waals surface area contributed by atoms with Crippen LogP contribution in [0.5, 0.6) is 0 Å². The van der Waals surface area contributed by atoms with Gasteiger partial charge in [-0.2, -0.15) is 0 Å². The van der Waals surface area contributed by atoms with Gasteiger partial charge in [-0.15, -0.1) is 0 Å². The molecular weight excluding hydrogens is 258 g/mol. The molecule has 0 bridgehead atoms. The monoisotopic (exact) mass is 279 g/mol. The molecule has 3 atom stereocenters. The quantitative estimate of drug-likeness (QED) is 0.664. The van der Waals surface area contributed by atoms with E-state index >= 15 is 0 Å². The summed E-state index contributed by atoms with van der Waals surface area (Å²) in [5.41, 5.74) is 6.69. The Kier molecular flexibility index (Phi) is 3.52. The van der Waals surface area contributed by atoms with Crippen LogP contribution in [0, 0.1) is 5.92 Å². The Hall–Kier alpha value is -1.40. The second-order valence-corrected chi connectivity index (χ2v) is 5.91. The van der Waals surface area contributed by atoms with E-state index < -0.39 is 5.91 Å². The first kappa shape index (κ1) is 13.6. The number of piperidine rings is 1. The number of nitrogens with one attached hydrogen (secondary N) is 2. The molecule has 6 nitrogen and oxygen atoms in total. The molecule has 2 fully saturated rings. The molecule has 4 N–H and O–H groups in total. The maximum atomic E-state index is 12.1.